The minimum Gasteiger partial charge on any atom is -0.458 e. The summed E-state index contributed by atoms with van der Waals surface area (Å²) in [6.45, 7) is 23.8. The number of nitrogens with one attached hydrogen (secondary N) is 1. The van der Waals surface area contributed by atoms with E-state index in [0.29, 0.717) is 37.2 Å². The fourth-order valence-electron chi connectivity index (χ4n) is 13.2. The van der Waals surface area contributed by atoms with Crippen LogP contribution in [0.4, 0.5) is 5.95 Å². The van der Waals surface area contributed by atoms with Crippen LogP contribution in [-0.2, 0) is 157 Å². The Morgan fingerprint density at radius 1 is 0.560 bits per heavy atom. The van der Waals surface area contributed by atoms with E-state index in [0.717, 1.165) is 10.1 Å². The summed E-state index contributed by atoms with van der Waals surface area (Å²) in [5, 5.41) is 29.3. The lowest BCUT2D eigenvalue weighted by molar-refractivity contribution is -0.272. The van der Waals surface area contributed by atoms with Crippen molar-refractivity contribution in [2.24, 2.45) is 5.92 Å². The highest BCUT2D eigenvalue weighted by Gasteiger charge is 2.55. The first-order chi connectivity index (χ1) is 54.3. The number of esters is 4. The normalized spacial score (nSPS) is 31.7. The molecule has 10 fully saturated rings. The second kappa shape index (κ2) is 41.6. The average Bonchev–Trinajstić information content (AvgIpc) is 1.58. The Kier molecular flexibility index (Phi) is 34.2. The largest absolute Gasteiger partial charge is 0.458 e. The molecule has 1 aromatic carbocycles. The number of carbonyl (C=O) groups excluding carboxylic acids is 5. The van der Waals surface area contributed by atoms with Crippen LogP contribution >= 0.6 is 11.3 Å². The molecular weight excluding hydrogens is 1590 g/mol. The summed E-state index contributed by atoms with van der Waals surface area (Å²) in [5.41, 5.74) is 5.98. The molecule has 10 aliphatic heterocycles. The van der Waals surface area contributed by atoms with Gasteiger partial charge < -0.3 is 139 Å². The van der Waals surface area contributed by atoms with Gasteiger partial charge in [0.1, 0.15) is 60.1 Å². The number of aliphatic hydroxyl groups excluding tert-OH is 3. The molecule has 6 unspecified atom stereocenters. The smallest absolute Gasteiger partial charge is 0.311 e. The molecule has 0 saturated carbocycles. The van der Waals surface area contributed by atoms with Gasteiger partial charge in [0.05, 0.1) is 50.1 Å². The second-order valence-electron chi connectivity index (χ2n) is 29.8. The van der Waals surface area contributed by atoms with Crippen LogP contribution in [0.2, 0.25) is 0 Å². The number of anilines is 1. The van der Waals surface area contributed by atoms with Gasteiger partial charge in [-0.15, -0.1) is 0 Å². The molecule has 10 aliphatic rings. The maximum absolute atomic E-state index is 12.6. The molecule has 44 heteroatoms. The summed E-state index contributed by atoms with van der Waals surface area (Å²) in [7, 11) is 3.61. The zero-order valence-electron chi connectivity index (χ0n) is 68.1. The van der Waals surface area contributed by atoms with Gasteiger partial charge in [0.15, 0.2) is 78.2 Å². The molecule has 0 spiro atoms. The number of methoxy groups -OCH3 is 5. The van der Waals surface area contributed by atoms with Crippen molar-refractivity contribution in [3.8, 4) is 0 Å². The average molecular weight is 1700 g/mol. The number of rotatable bonds is 25. The quantitative estimate of drug-likeness (QED) is 0.0459. The van der Waals surface area contributed by atoms with Crippen LogP contribution in [-0.4, -0.2) is 296 Å². The second-order valence-corrected chi connectivity index (χ2v) is 32.4. The molecular formula is C72H110N4O38S2. The molecule has 12 heterocycles. The van der Waals surface area contributed by atoms with Gasteiger partial charge in [0, 0.05) is 94.8 Å². The van der Waals surface area contributed by atoms with E-state index in [1.165, 1.54) is 61.2 Å². The maximum Gasteiger partial charge on any atom is 0.311 e. The first-order valence-corrected chi connectivity index (χ1v) is 39.3. The molecule has 0 aliphatic carbocycles. The van der Waals surface area contributed by atoms with Gasteiger partial charge >= 0.3 is 28.8 Å². The van der Waals surface area contributed by atoms with Gasteiger partial charge in [0.2, 0.25) is 37.4 Å². The number of H-pyrrole nitrogens is 1. The van der Waals surface area contributed by atoms with Crippen LogP contribution < -0.4 is 16.2 Å². The summed E-state index contributed by atoms with van der Waals surface area (Å²) in [5.74, 6) is -4.83. The highest BCUT2D eigenvalue weighted by Crippen LogP contribution is 2.42. The minimum atomic E-state index is -3.97. The van der Waals surface area contributed by atoms with Gasteiger partial charge in [-0.25, -0.2) is 0 Å². The Bertz CT molecular complexity index is 3820. The van der Waals surface area contributed by atoms with Crippen LogP contribution in [0.5, 0.6) is 0 Å². The van der Waals surface area contributed by atoms with Crippen molar-refractivity contribution in [1.29, 1.82) is 0 Å². The number of nitrogens with two attached hydrogens (primary N) is 1. The lowest BCUT2D eigenvalue weighted by Crippen LogP contribution is -2.35. The van der Waals surface area contributed by atoms with Crippen molar-refractivity contribution in [3.63, 3.8) is 0 Å². The summed E-state index contributed by atoms with van der Waals surface area (Å²) in [4.78, 5) is 87.0. The van der Waals surface area contributed by atoms with E-state index in [2.05, 4.69) is 9.97 Å². The molecule has 10 saturated heterocycles. The van der Waals surface area contributed by atoms with Crippen molar-refractivity contribution in [2.75, 3.05) is 80.9 Å². The van der Waals surface area contributed by atoms with Crippen molar-refractivity contribution in [3.05, 3.63) is 49.9 Å². The van der Waals surface area contributed by atoms with Crippen molar-refractivity contribution >= 4 is 67.4 Å². The minimum absolute atomic E-state index is 0.0128. The molecule has 42 nitrogen and oxygen atoms in total. The number of fused-ring (bicyclic) bond motifs is 5. The highest BCUT2D eigenvalue weighted by atomic mass is 32.2. The summed E-state index contributed by atoms with van der Waals surface area (Å²) < 4.78 is 163. The first kappa shape index (κ1) is 95.6. The Labute approximate surface area is 673 Å². The molecule has 658 valence electrons. The number of ether oxygens (including phenoxy) is 25. The third kappa shape index (κ3) is 26.8. The lowest BCUT2D eigenvalue weighted by Gasteiger charge is -2.22. The van der Waals surface area contributed by atoms with Crippen LogP contribution in [0.25, 0.3) is 10.3 Å². The number of hydrogen-bond donors (Lipinski definition) is 5. The Morgan fingerprint density at radius 2 is 1.03 bits per heavy atom. The number of aliphatic hydroxyl groups is 3. The first-order valence-electron chi connectivity index (χ1n) is 37.1. The highest BCUT2D eigenvalue weighted by molar-refractivity contribution is 7.86. The Hall–Kier alpha value is -5.91. The predicted octanol–water partition coefficient (Wildman–Crippen LogP) is 1.80. The molecule has 6 N–H and O–H groups in total. The van der Waals surface area contributed by atoms with Crippen LogP contribution in [0.3, 0.4) is 0 Å². The van der Waals surface area contributed by atoms with Gasteiger partial charge in [-0.05, 0) is 74.4 Å². The number of carbonyl (C=O) groups is 5. The number of nitrogens with zero attached hydrogens (tertiary/aromatic N) is 2. The molecule has 0 amide bonds. The van der Waals surface area contributed by atoms with E-state index in [4.69, 9.17) is 128 Å². The van der Waals surface area contributed by atoms with Gasteiger partial charge in [0.25, 0.3) is 15.7 Å². The topological polar surface area (TPSA) is 514 Å². The summed E-state index contributed by atoms with van der Waals surface area (Å²) >= 11 is 0.667. The van der Waals surface area contributed by atoms with E-state index in [9.17, 15) is 57.3 Å². The van der Waals surface area contributed by atoms with Crippen molar-refractivity contribution < 1.29 is 170 Å². The van der Waals surface area contributed by atoms with Crippen molar-refractivity contribution in [1.82, 2.24) is 14.5 Å². The standard InChI is InChI=1S/C16H20N4O8S.C15H20O8S.C12H20O6.C10H18O5.C10H16O5.C9H16O6/c1-6(21)26-9-4-8(10(5-25-3)27-7(2)22)28-14(9)20-12-11(29-16(20)24)13(23)19-15(17)18-12;1-9-4-6-10(7-5-9)24(17,18)19-8-11(16)12-20-13-14(21-12)23-15(2,3)22-13;1-7(6-15-4)10-5-11(16-8(2)13)12(18-10)17-9(3)14;2*1-10(2)14-8-4-7(6(11)5-12-3)13-9(8)15-10;1-9(2)14-7-8(15-9)13-6(12-7)5(10)4-11-3/h8-10,14H,4-5H2,1-3H3,(H3,17,18,19,23);4-7,11-14,16H,8H2,1-3H3;7,10-12H,5-6H2,1-4H3;6-9,11H,4-5H2,1-3H3;7-9H,4-5H2,1-3H3;5-8,10H,4H2,1-3H3/t8-,9+,10?,14+;11-,12?,13-,14+;7?,10-,11+,12?;6?,7-,8+,9+;7-,8+,9+;5-,6?,7-,8+/m000000/s1. The molecule has 0 bridgehead atoms. The number of thiazole rings is 1. The predicted molar refractivity (Wildman–Crippen MR) is 391 cm³/mol. The lowest BCUT2D eigenvalue weighted by atomic mass is 10.0. The molecule has 116 heavy (non-hydrogen) atoms. The number of aromatic nitrogens is 3. The molecule has 2 aromatic heterocycles. The Balaban J connectivity index is 0.000000177. The van der Waals surface area contributed by atoms with Crippen LogP contribution in [0, 0.1) is 12.8 Å². The zero-order valence-corrected chi connectivity index (χ0v) is 69.7. The number of aryl methyl sites for hydroxylation is 1. The number of ketones is 1. The van der Waals surface area contributed by atoms with E-state index in [-0.39, 0.29) is 96.4 Å². The summed E-state index contributed by atoms with van der Waals surface area (Å²) in [6.07, 6.45) is -12.1. The number of benzene rings is 1. The van der Waals surface area contributed by atoms with E-state index < -0.39 is 180 Å². The van der Waals surface area contributed by atoms with Gasteiger partial charge in [-0.1, -0.05) is 36.0 Å². The fourth-order valence-corrected chi connectivity index (χ4v) is 15.0. The van der Waals surface area contributed by atoms with E-state index in [1.54, 1.807) is 54.0 Å². The number of Topliss-reactive ketones (excluding diaryl/α,β-unsaturated/α-hetero) is 1. The molecule has 13 rings (SSSR count). The third-order valence-electron chi connectivity index (χ3n) is 18.0. The van der Waals surface area contributed by atoms with E-state index >= 15 is 0 Å². The number of nitrogen functional groups attached to an aromatic ring is 1. The van der Waals surface area contributed by atoms with Crippen LogP contribution in [0.15, 0.2) is 38.8 Å². The van der Waals surface area contributed by atoms with E-state index in [1.807, 2.05) is 41.5 Å². The molecule has 3 aromatic rings. The zero-order chi connectivity index (χ0) is 85.7. The third-order valence-corrected chi connectivity index (χ3v) is 20.2. The molecule has 0 radical (unpaired) electrons. The van der Waals surface area contributed by atoms with Crippen LogP contribution in [0.1, 0.15) is 127 Å². The van der Waals surface area contributed by atoms with Crippen molar-refractivity contribution in [2.45, 2.75) is 287 Å². The Morgan fingerprint density at radius 3 is 1.53 bits per heavy atom. The monoisotopic (exact) mass is 1700 g/mol. The number of aromatic amines is 1. The SMILES string of the molecule is COCC(=O)[C@@H]1C[C@H]2OC(C)(C)O[C@H]2O1.COCC(C)[C@@H]1C[C@@H](OC(C)=O)C(OC(C)=O)O1.COCC(O)[C@@H]1C[C@H]2OC(C)(C)O[C@H]2O1.COCC(OC(C)=O)[C@@H]1C[C@@H](OC(C)=O)[C@H](n2c(=O)sc3c(=O)[nH]c(N)nc32)O1.COC[C@H](O)C1O[C@@H]2OC(C)(C)O[C@@H]2O1.Cc1ccc(S(=O)(=O)OC[C@H](O)C2O[C@@H]3OC(C)(C)O[C@@H]3O2)cc1. The summed E-state index contributed by atoms with van der Waals surface area (Å²) in [6, 6.07) is 6.20. The number of hydrogen-bond acceptors (Lipinski definition) is 41. The van der Waals surface area contributed by atoms with Gasteiger partial charge in [-0.3, -0.25) is 47.3 Å². The molecule has 23 atom stereocenters. The fraction of sp³-hybridized carbons (Fsp3) is 0.778. The maximum atomic E-state index is 12.6. The van der Waals surface area contributed by atoms with Gasteiger partial charge in [-0.2, -0.15) is 13.4 Å².